The monoisotopic (exact) mass is 472 g/mol. The highest BCUT2D eigenvalue weighted by Crippen LogP contribution is 2.39. The van der Waals surface area contributed by atoms with Crippen molar-refractivity contribution in [2.24, 2.45) is 0 Å². The highest BCUT2D eigenvalue weighted by molar-refractivity contribution is 7.06. The van der Waals surface area contributed by atoms with Crippen molar-refractivity contribution < 1.29 is 4.74 Å². The van der Waals surface area contributed by atoms with Crippen molar-refractivity contribution in [2.75, 3.05) is 0 Å². The molecule has 5 rings (SSSR count). The summed E-state index contributed by atoms with van der Waals surface area (Å²) in [6.45, 7) is 4.11. The maximum Gasteiger partial charge on any atom is 0.144 e. The second-order valence-corrected chi connectivity index (χ2v) is 13.2. The first-order chi connectivity index (χ1) is 17.3. The van der Waals surface area contributed by atoms with E-state index < -0.39 is 8.07 Å². The molecule has 1 nitrogen and oxygen atoms in total. The maximum atomic E-state index is 6.72. The summed E-state index contributed by atoms with van der Waals surface area (Å²) < 4.78 is 6.72. The largest absolute Gasteiger partial charge is 0.490 e. The number of ether oxygens (including phenoxy) is 1. The minimum absolute atomic E-state index is 0.112. The van der Waals surface area contributed by atoms with Crippen LogP contribution in [0.25, 0.3) is 0 Å². The van der Waals surface area contributed by atoms with Crippen LogP contribution in [0.5, 0.6) is 5.75 Å². The number of hydrogen-bond donors (Lipinski definition) is 0. The third kappa shape index (κ3) is 5.08. The second kappa shape index (κ2) is 10.8. The third-order valence-electron chi connectivity index (χ3n) is 7.12. The topological polar surface area (TPSA) is 9.23 Å². The van der Waals surface area contributed by atoms with E-state index in [4.69, 9.17) is 4.74 Å². The van der Waals surface area contributed by atoms with Crippen LogP contribution in [-0.4, -0.2) is 14.2 Å². The van der Waals surface area contributed by atoms with E-state index >= 15 is 0 Å². The van der Waals surface area contributed by atoms with Crippen LogP contribution in [0.2, 0.25) is 6.04 Å². The van der Waals surface area contributed by atoms with Gasteiger partial charge in [-0.05, 0) is 40.5 Å². The molecule has 2 atom stereocenters. The van der Waals surface area contributed by atoms with Crippen molar-refractivity contribution in [1.82, 2.24) is 0 Å². The minimum atomic E-state index is -2.26. The molecule has 0 fully saturated rings. The first-order valence-electron chi connectivity index (χ1n) is 12.5. The average Bonchev–Trinajstić information content (AvgIpc) is 2.93. The fraction of sp³-hybridized carbons (Fsp3) is 0.152. The Hall–Kier alpha value is -3.62. The van der Waals surface area contributed by atoms with Gasteiger partial charge in [0.25, 0.3) is 0 Å². The van der Waals surface area contributed by atoms with Crippen LogP contribution in [0, 0.1) is 0 Å². The first-order valence-corrected chi connectivity index (χ1v) is 14.8. The Labute approximate surface area is 210 Å². The van der Waals surface area contributed by atoms with Crippen LogP contribution in [0.1, 0.15) is 24.3 Å². The van der Waals surface area contributed by atoms with E-state index in [-0.39, 0.29) is 6.10 Å². The Morgan fingerprint density at radius 2 is 1.26 bits per heavy atom. The number of allylic oxidation sites excluding steroid dienone is 1. The average molecular weight is 473 g/mol. The van der Waals surface area contributed by atoms with E-state index in [2.05, 4.69) is 134 Å². The quantitative estimate of drug-likeness (QED) is 0.200. The summed E-state index contributed by atoms with van der Waals surface area (Å²) in [5.41, 5.74) is 5.51. The lowest BCUT2D eigenvalue weighted by Crippen LogP contribution is -2.61. The molecular weight excluding hydrogens is 440 g/mol. The summed E-state index contributed by atoms with van der Waals surface area (Å²) in [7, 11) is -2.26. The van der Waals surface area contributed by atoms with Gasteiger partial charge >= 0.3 is 0 Å². The highest BCUT2D eigenvalue weighted by atomic mass is 28.3. The van der Waals surface area contributed by atoms with Gasteiger partial charge in [0.2, 0.25) is 0 Å². The van der Waals surface area contributed by atoms with Crippen molar-refractivity contribution in [1.29, 1.82) is 0 Å². The number of benzene rings is 4. The van der Waals surface area contributed by atoms with Gasteiger partial charge in [0.05, 0.1) is 0 Å². The summed E-state index contributed by atoms with van der Waals surface area (Å²) in [5, 5.41) is 2.88. The fourth-order valence-corrected chi connectivity index (χ4v) is 10.3. The van der Waals surface area contributed by atoms with Gasteiger partial charge in [-0.2, -0.15) is 0 Å². The molecule has 1 aliphatic rings. The summed E-state index contributed by atoms with van der Waals surface area (Å²) in [5.74, 6) is 1.25. The molecule has 0 saturated heterocycles. The summed E-state index contributed by atoms with van der Waals surface area (Å²) in [6.07, 6.45) is 4.02. The molecule has 1 aliphatic heterocycles. The predicted octanol–water partition coefficient (Wildman–Crippen LogP) is 6.93. The van der Waals surface area contributed by atoms with E-state index in [1.165, 1.54) is 21.5 Å². The van der Waals surface area contributed by atoms with Gasteiger partial charge < -0.3 is 4.74 Å². The van der Waals surface area contributed by atoms with Crippen LogP contribution >= 0.6 is 0 Å². The third-order valence-corrected chi connectivity index (χ3v) is 11.8. The molecule has 1 heterocycles. The van der Waals surface area contributed by atoms with Gasteiger partial charge in [-0.25, -0.2) is 0 Å². The zero-order valence-electron chi connectivity index (χ0n) is 20.1. The smallest absolute Gasteiger partial charge is 0.144 e. The van der Waals surface area contributed by atoms with E-state index in [0.29, 0.717) is 5.92 Å². The van der Waals surface area contributed by atoms with E-state index in [1.54, 1.807) is 0 Å². The summed E-state index contributed by atoms with van der Waals surface area (Å²) in [4.78, 5) is 0. The standard InChI is InChI=1S/C33H32OSi/c1-2-15-33(27-16-7-3-8-17-27)28-24-30(34-29-18-9-4-10-19-29)26-35(25-28,31-20-11-5-12-21-31)32-22-13-6-14-23-32/h2-14,16-23,25,30,33H,1,15,24,26H2. The normalized spacial score (nSPS) is 17.7. The van der Waals surface area contributed by atoms with Gasteiger partial charge in [-0.1, -0.05) is 127 Å². The second-order valence-electron chi connectivity index (χ2n) is 9.37. The number of para-hydroxylation sites is 1. The molecule has 0 amide bonds. The first kappa shape index (κ1) is 23.1. The van der Waals surface area contributed by atoms with Crippen LogP contribution in [0.4, 0.5) is 0 Å². The molecule has 4 aromatic rings. The molecule has 2 unspecified atom stereocenters. The van der Waals surface area contributed by atoms with Crippen molar-refractivity contribution in [3.05, 3.63) is 151 Å². The Morgan fingerprint density at radius 3 is 1.80 bits per heavy atom. The maximum absolute atomic E-state index is 6.72. The van der Waals surface area contributed by atoms with Crippen LogP contribution in [-0.2, 0) is 0 Å². The van der Waals surface area contributed by atoms with Crippen molar-refractivity contribution in [3.8, 4) is 5.75 Å². The Kier molecular flexibility index (Phi) is 7.11. The van der Waals surface area contributed by atoms with E-state index in [0.717, 1.165) is 24.6 Å². The molecular formula is C33H32OSi. The van der Waals surface area contributed by atoms with Gasteiger partial charge in [-0.15, -0.1) is 6.58 Å². The minimum Gasteiger partial charge on any atom is -0.490 e. The van der Waals surface area contributed by atoms with Crippen molar-refractivity contribution in [3.63, 3.8) is 0 Å². The zero-order chi connectivity index (χ0) is 23.9. The molecule has 0 radical (unpaired) electrons. The molecule has 2 heteroatoms. The lowest BCUT2D eigenvalue weighted by molar-refractivity contribution is 0.216. The molecule has 0 spiro atoms. The van der Waals surface area contributed by atoms with E-state index in [9.17, 15) is 0 Å². The predicted molar refractivity (Wildman–Crippen MR) is 150 cm³/mol. The van der Waals surface area contributed by atoms with E-state index in [1.807, 2.05) is 6.07 Å². The lowest BCUT2D eigenvalue weighted by atomic mass is 9.86. The molecule has 0 aliphatic carbocycles. The molecule has 0 aromatic heterocycles. The molecule has 4 aromatic carbocycles. The molecule has 0 saturated carbocycles. The van der Waals surface area contributed by atoms with Gasteiger partial charge in [-0.3, -0.25) is 0 Å². The summed E-state index contributed by atoms with van der Waals surface area (Å²) >= 11 is 0. The molecule has 0 bridgehead atoms. The fourth-order valence-electron chi connectivity index (χ4n) is 5.54. The van der Waals surface area contributed by atoms with Crippen molar-refractivity contribution in [2.45, 2.75) is 30.9 Å². The zero-order valence-corrected chi connectivity index (χ0v) is 21.1. The Balaban J connectivity index is 1.68. The SMILES string of the molecule is C=CCC(C1=C[Si](c2ccccc2)(c2ccccc2)CC(Oc2ccccc2)C1)c1ccccc1. The van der Waals surface area contributed by atoms with Crippen LogP contribution in [0.15, 0.2) is 145 Å². The lowest BCUT2D eigenvalue weighted by Gasteiger charge is -2.40. The number of hydrogen-bond acceptors (Lipinski definition) is 1. The molecule has 0 N–H and O–H groups in total. The molecule has 174 valence electrons. The Morgan fingerprint density at radius 1 is 0.743 bits per heavy atom. The van der Waals surface area contributed by atoms with Crippen LogP contribution < -0.4 is 15.1 Å². The van der Waals surface area contributed by atoms with Gasteiger partial charge in [0.1, 0.15) is 19.9 Å². The Bertz CT molecular complexity index is 1210. The van der Waals surface area contributed by atoms with Gasteiger partial charge in [0, 0.05) is 12.3 Å². The summed E-state index contributed by atoms with van der Waals surface area (Å²) in [6, 6.07) is 44.5. The van der Waals surface area contributed by atoms with Crippen molar-refractivity contribution >= 4 is 18.4 Å². The van der Waals surface area contributed by atoms with Gasteiger partial charge in [0.15, 0.2) is 0 Å². The number of rotatable bonds is 8. The van der Waals surface area contributed by atoms with Crippen LogP contribution in [0.3, 0.4) is 0 Å². The molecule has 35 heavy (non-hydrogen) atoms. The highest BCUT2D eigenvalue weighted by Gasteiger charge is 2.43.